The zero-order valence-electron chi connectivity index (χ0n) is 12.3. The Morgan fingerprint density at radius 1 is 0.955 bits per heavy atom. The van der Waals surface area contributed by atoms with Gasteiger partial charge in [-0.2, -0.15) is 0 Å². The summed E-state index contributed by atoms with van der Waals surface area (Å²) in [5.74, 6) is 0.289. The standard InChI is InChI=1S/C20H16O2/c1-15-10-12-17(13-11-15)19-14-18(20(21)22-19)9-5-8-16-6-3-2-4-7-16/h2-14H,1H3. The first kappa shape index (κ1) is 14.1. The van der Waals surface area contributed by atoms with Crippen molar-refractivity contribution in [3.05, 3.63) is 95.1 Å². The van der Waals surface area contributed by atoms with E-state index in [0.717, 1.165) is 11.1 Å². The van der Waals surface area contributed by atoms with Crippen LogP contribution in [0, 0.1) is 6.92 Å². The SMILES string of the molecule is Cc1ccc(C2=CC(=CC=Cc3ccccc3)C(=O)O2)cc1. The third kappa shape index (κ3) is 3.23. The second kappa shape index (κ2) is 6.27. The van der Waals surface area contributed by atoms with Crippen LogP contribution in [-0.2, 0) is 9.53 Å². The van der Waals surface area contributed by atoms with Crippen molar-refractivity contribution in [2.75, 3.05) is 0 Å². The second-order valence-corrected chi connectivity index (χ2v) is 5.16. The van der Waals surface area contributed by atoms with Gasteiger partial charge in [0.05, 0.1) is 5.57 Å². The Labute approximate surface area is 130 Å². The summed E-state index contributed by atoms with van der Waals surface area (Å²) in [5.41, 5.74) is 3.74. The van der Waals surface area contributed by atoms with E-state index >= 15 is 0 Å². The van der Waals surface area contributed by atoms with Gasteiger partial charge in [-0.05, 0) is 24.6 Å². The molecule has 108 valence electrons. The summed E-state index contributed by atoms with van der Waals surface area (Å²) in [6.07, 6.45) is 7.37. The summed E-state index contributed by atoms with van der Waals surface area (Å²) in [7, 11) is 0. The smallest absolute Gasteiger partial charge is 0.343 e. The molecule has 2 nitrogen and oxygen atoms in total. The molecule has 0 bridgehead atoms. The maximum Gasteiger partial charge on any atom is 0.343 e. The molecule has 1 heterocycles. The quantitative estimate of drug-likeness (QED) is 0.612. The molecule has 0 aromatic heterocycles. The monoisotopic (exact) mass is 288 g/mol. The number of benzene rings is 2. The Hall–Kier alpha value is -2.87. The molecule has 0 N–H and O–H groups in total. The molecule has 0 atom stereocenters. The molecular weight excluding hydrogens is 272 g/mol. The van der Waals surface area contributed by atoms with Crippen molar-refractivity contribution < 1.29 is 9.53 Å². The van der Waals surface area contributed by atoms with E-state index in [0.29, 0.717) is 11.3 Å². The zero-order valence-corrected chi connectivity index (χ0v) is 12.3. The van der Waals surface area contributed by atoms with Crippen molar-refractivity contribution in [2.45, 2.75) is 6.92 Å². The molecule has 0 amide bonds. The molecule has 2 heteroatoms. The Kier molecular flexibility index (Phi) is 4.01. The maximum atomic E-state index is 11.9. The van der Waals surface area contributed by atoms with Gasteiger partial charge in [-0.1, -0.05) is 72.3 Å². The van der Waals surface area contributed by atoms with Crippen LogP contribution in [0.2, 0.25) is 0 Å². The number of hydrogen-bond donors (Lipinski definition) is 0. The Morgan fingerprint density at radius 3 is 2.41 bits per heavy atom. The molecule has 0 fully saturated rings. The fraction of sp³-hybridized carbons (Fsp3) is 0.0500. The Balaban J connectivity index is 1.79. The fourth-order valence-corrected chi connectivity index (χ4v) is 2.19. The number of ether oxygens (including phenoxy) is 1. The summed E-state index contributed by atoms with van der Waals surface area (Å²) in [6.45, 7) is 2.03. The van der Waals surface area contributed by atoms with Crippen molar-refractivity contribution in [3.63, 3.8) is 0 Å². The first-order valence-corrected chi connectivity index (χ1v) is 7.17. The van der Waals surface area contributed by atoms with Gasteiger partial charge in [0, 0.05) is 5.56 Å². The highest BCUT2D eigenvalue weighted by atomic mass is 16.5. The minimum atomic E-state index is -0.312. The van der Waals surface area contributed by atoms with Crippen molar-refractivity contribution in [3.8, 4) is 0 Å². The molecule has 2 aromatic rings. The van der Waals surface area contributed by atoms with Crippen LogP contribution in [0.4, 0.5) is 0 Å². The molecule has 1 aliphatic heterocycles. The van der Waals surface area contributed by atoms with E-state index in [2.05, 4.69) is 0 Å². The van der Waals surface area contributed by atoms with Crippen molar-refractivity contribution >= 4 is 17.8 Å². The largest absolute Gasteiger partial charge is 0.422 e. The first-order chi connectivity index (χ1) is 10.7. The number of carbonyl (C=O) groups excluding carboxylic acids is 1. The highest BCUT2D eigenvalue weighted by Crippen LogP contribution is 2.26. The number of allylic oxidation sites excluding steroid dienone is 2. The molecule has 0 radical (unpaired) electrons. The van der Waals surface area contributed by atoms with E-state index in [1.165, 1.54) is 5.56 Å². The van der Waals surface area contributed by atoms with E-state index in [9.17, 15) is 4.79 Å². The number of hydrogen-bond acceptors (Lipinski definition) is 2. The zero-order chi connectivity index (χ0) is 15.4. The first-order valence-electron chi connectivity index (χ1n) is 7.17. The van der Waals surface area contributed by atoms with Crippen LogP contribution in [0.1, 0.15) is 16.7 Å². The van der Waals surface area contributed by atoms with Gasteiger partial charge in [0.1, 0.15) is 5.76 Å². The van der Waals surface area contributed by atoms with Crippen molar-refractivity contribution in [1.82, 2.24) is 0 Å². The van der Waals surface area contributed by atoms with Crippen LogP contribution in [0.3, 0.4) is 0 Å². The topological polar surface area (TPSA) is 26.3 Å². The van der Waals surface area contributed by atoms with E-state index in [1.807, 2.05) is 73.7 Å². The molecular formula is C20H16O2. The van der Waals surface area contributed by atoms with E-state index < -0.39 is 0 Å². The lowest BCUT2D eigenvalue weighted by Crippen LogP contribution is -1.96. The lowest BCUT2D eigenvalue weighted by Gasteiger charge is -2.01. The minimum Gasteiger partial charge on any atom is -0.422 e. The summed E-state index contributed by atoms with van der Waals surface area (Å²) < 4.78 is 5.32. The number of rotatable bonds is 3. The number of aryl methyl sites for hydroxylation is 1. The van der Waals surface area contributed by atoms with Crippen molar-refractivity contribution in [2.24, 2.45) is 0 Å². The molecule has 0 aliphatic carbocycles. The Bertz CT molecular complexity index is 763. The van der Waals surface area contributed by atoms with Crippen molar-refractivity contribution in [1.29, 1.82) is 0 Å². The average molecular weight is 288 g/mol. The molecule has 0 saturated heterocycles. The summed E-state index contributed by atoms with van der Waals surface area (Å²) in [6, 6.07) is 17.9. The van der Waals surface area contributed by atoms with Crippen LogP contribution >= 0.6 is 0 Å². The molecule has 0 unspecified atom stereocenters. The van der Waals surface area contributed by atoms with Gasteiger partial charge in [0.25, 0.3) is 0 Å². The van der Waals surface area contributed by atoms with Crippen LogP contribution in [-0.4, -0.2) is 5.97 Å². The van der Waals surface area contributed by atoms with Gasteiger partial charge in [0.15, 0.2) is 0 Å². The van der Waals surface area contributed by atoms with E-state index in [4.69, 9.17) is 4.74 Å². The molecule has 1 aliphatic rings. The van der Waals surface area contributed by atoms with E-state index in [-0.39, 0.29) is 5.97 Å². The van der Waals surface area contributed by atoms with Gasteiger partial charge in [-0.15, -0.1) is 0 Å². The predicted octanol–water partition coefficient (Wildman–Crippen LogP) is 4.53. The third-order valence-electron chi connectivity index (χ3n) is 3.43. The minimum absolute atomic E-state index is 0.312. The molecule has 0 saturated carbocycles. The van der Waals surface area contributed by atoms with Crippen LogP contribution in [0.5, 0.6) is 0 Å². The number of carbonyl (C=O) groups is 1. The van der Waals surface area contributed by atoms with Gasteiger partial charge < -0.3 is 4.74 Å². The molecule has 0 spiro atoms. The normalized spacial score (nSPS) is 16.1. The molecule has 3 rings (SSSR count). The van der Waals surface area contributed by atoms with E-state index in [1.54, 1.807) is 12.2 Å². The highest BCUT2D eigenvalue weighted by molar-refractivity contribution is 6.01. The lowest BCUT2D eigenvalue weighted by molar-refractivity contribution is -0.130. The van der Waals surface area contributed by atoms with Gasteiger partial charge in [0.2, 0.25) is 0 Å². The molecule has 2 aromatic carbocycles. The third-order valence-corrected chi connectivity index (χ3v) is 3.43. The van der Waals surface area contributed by atoms with Crippen LogP contribution in [0.25, 0.3) is 11.8 Å². The number of cyclic esters (lactones) is 1. The lowest BCUT2D eigenvalue weighted by atomic mass is 10.1. The predicted molar refractivity (Wildman–Crippen MR) is 88.8 cm³/mol. The summed E-state index contributed by atoms with van der Waals surface area (Å²) >= 11 is 0. The maximum absolute atomic E-state index is 11.9. The fourth-order valence-electron chi connectivity index (χ4n) is 2.19. The van der Waals surface area contributed by atoms with Crippen LogP contribution < -0.4 is 0 Å². The van der Waals surface area contributed by atoms with Gasteiger partial charge in [-0.25, -0.2) is 4.79 Å². The highest BCUT2D eigenvalue weighted by Gasteiger charge is 2.21. The van der Waals surface area contributed by atoms with Crippen LogP contribution in [0.15, 0.2) is 78.4 Å². The number of esters is 1. The van der Waals surface area contributed by atoms with Gasteiger partial charge in [-0.3, -0.25) is 0 Å². The average Bonchev–Trinajstić information content (AvgIpc) is 2.90. The second-order valence-electron chi connectivity index (χ2n) is 5.16. The summed E-state index contributed by atoms with van der Waals surface area (Å²) in [4.78, 5) is 11.9. The summed E-state index contributed by atoms with van der Waals surface area (Å²) in [5, 5.41) is 0. The van der Waals surface area contributed by atoms with Gasteiger partial charge >= 0.3 is 5.97 Å². The Morgan fingerprint density at radius 2 is 1.68 bits per heavy atom. The molecule has 22 heavy (non-hydrogen) atoms.